The number of rotatable bonds is 3. The van der Waals surface area contributed by atoms with Crippen LogP contribution in [0.5, 0.6) is 0 Å². The molecule has 0 aromatic carbocycles. The zero-order chi connectivity index (χ0) is 9.14. The minimum absolute atomic E-state index is 0.230. The summed E-state index contributed by atoms with van der Waals surface area (Å²) in [7, 11) is 2.15. The van der Waals surface area contributed by atoms with E-state index in [0.717, 1.165) is 6.54 Å². The van der Waals surface area contributed by atoms with Crippen molar-refractivity contribution in [1.82, 2.24) is 10.2 Å². The van der Waals surface area contributed by atoms with Crippen LogP contribution in [-0.2, 0) is 0 Å². The van der Waals surface area contributed by atoms with Gasteiger partial charge in [-0.3, -0.25) is 0 Å². The van der Waals surface area contributed by atoms with Gasteiger partial charge in [0.2, 0.25) is 0 Å². The molecule has 0 aromatic rings. The van der Waals surface area contributed by atoms with Crippen molar-refractivity contribution in [3.8, 4) is 0 Å². The Bertz CT molecular complexity index is 128. The molecule has 72 valence electrons. The van der Waals surface area contributed by atoms with E-state index < -0.39 is 0 Å². The van der Waals surface area contributed by atoms with E-state index in [1.54, 1.807) is 0 Å². The van der Waals surface area contributed by atoms with Gasteiger partial charge in [0.05, 0.1) is 6.10 Å². The first-order chi connectivity index (χ1) is 5.59. The first-order valence-corrected chi connectivity index (χ1v) is 4.71. The molecule has 3 heteroatoms. The van der Waals surface area contributed by atoms with E-state index in [-0.39, 0.29) is 6.10 Å². The topological polar surface area (TPSA) is 35.5 Å². The van der Waals surface area contributed by atoms with Gasteiger partial charge in [-0.2, -0.15) is 0 Å². The molecule has 12 heavy (non-hydrogen) atoms. The molecular formula is C9H20N2O. The second-order valence-corrected chi connectivity index (χ2v) is 3.98. The fourth-order valence-corrected chi connectivity index (χ4v) is 1.68. The number of hydrogen-bond acceptors (Lipinski definition) is 3. The van der Waals surface area contributed by atoms with E-state index in [1.165, 1.54) is 6.42 Å². The average molecular weight is 172 g/mol. The first kappa shape index (κ1) is 9.96. The molecule has 3 atom stereocenters. The molecule has 1 saturated heterocycles. The molecule has 3 nitrogen and oxygen atoms in total. The van der Waals surface area contributed by atoms with Crippen LogP contribution in [0.25, 0.3) is 0 Å². The minimum Gasteiger partial charge on any atom is -0.392 e. The number of aliphatic hydroxyl groups is 1. The molecule has 0 amide bonds. The molecule has 1 rings (SSSR count). The van der Waals surface area contributed by atoms with Gasteiger partial charge in [-0.15, -0.1) is 0 Å². The maximum atomic E-state index is 9.07. The number of nitrogens with zero attached hydrogens (tertiary/aromatic N) is 1. The van der Waals surface area contributed by atoms with Crippen molar-refractivity contribution in [3.05, 3.63) is 0 Å². The van der Waals surface area contributed by atoms with Crippen LogP contribution in [0.4, 0.5) is 0 Å². The zero-order valence-electron chi connectivity index (χ0n) is 8.25. The van der Waals surface area contributed by atoms with Crippen LogP contribution in [0.3, 0.4) is 0 Å². The Morgan fingerprint density at radius 1 is 1.67 bits per heavy atom. The highest BCUT2D eigenvalue weighted by molar-refractivity contribution is 4.85. The molecule has 1 aliphatic heterocycles. The second-order valence-electron chi connectivity index (χ2n) is 3.98. The lowest BCUT2D eigenvalue weighted by Gasteiger charge is -2.14. The van der Waals surface area contributed by atoms with Gasteiger partial charge in [0.1, 0.15) is 0 Å². The van der Waals surface area contributed by atoms with Crippen molar-refractivity contribution in [3.63, 3.8) is 0 Å². The Morgan fingerprint density at radius 3 is 2.75 bits per heavy atom. The lowest BCUT2D eigenvalue weighted by molar-refractivity contribution is 0.186. The molecule has 2 unspecified atom stereocenters. The van der Waals surface area contributed by atoms with Gasteiger partial charge in [0.25, 0.3) is 0 Å². The second kappa shape index (κ2) is 4.21. The molecule has 0 aliphatic carbocycles. The molecule has 1 aliphatic rings. The molecule has 0 saturated carbocycles. The van der Waals surface area contributed by atoms with Gasteiger partial charge >= 0.3 is 0 Å². The Morgan fingerprint density at radius 2 is 2.33 bits per heavy atom. The summed E-state index contributed by atoms with van der Waals surface area (Å²) in [6.07, 6.45) is 0.967. The van der Waals surface area contributed by atoms with Crippen molar-refractivity contribution in [2.45, 2.75) is 38.5 Å². The zero-order valence-corrected chi connectivity index (χ0v) is 8.25. The molecule has 0 bridgehead atoms. The average Bonchev–Trinajstić information content (AvgIpc) is 2.28. The highest BCUT2D eigenvalue weighted by Gasteiger charge is 2.25. The third kappa shape index (κ3) is 2.73. The third-order valence-corrected chi connectivity index (χ3v) is 2.59. The molecule has 1 heterocycles. The van der Waals surface area contributed by atoms with Gasteiger partial charge in [-0.1, -0.05) is 0 Å². The predicted molar refractivity (Wildman–Crippen MR) is 50.2 cm³/mol. The van der Waals surface area contributed by atoms with Crippen molar-refractivity contribution in [2.75, 3.05) is 20.1 Å². The number of nitrogens with one attached hydrogen (secondary N) is 1. The Kier molecular flexibility index (Phi) is 3.50. The fourth-order valence-electron chi connectivity index (χ4n) is 1.68. The van der Waals surface area contributed by atoms with E-state index in [1.807, 2.05) is 6.92 Å². The first-order valence-electron chi connectivity index (χ1n) is 4.71. The number of likely N-dealkylation sites (N-methyl/N-ethyl adjacent to an activating group) is 1. The highest BCUT2D eigenvalue weighted by atomic mass is 16.3. The Hall–Kier alpha value is -0.120. The summed E-state index contributed by atoms with van der Waals surface area (Å²) in [4.78, 5) is 2.35. The van der Waals surface area contributed by atoms with Crippen LogP contribution in [0.2, 0.25) is 0 Å². The van der Waals surface area contributed by atoms with Crippen LogP contribution in [0.15, 0.2) is 0 Å². The van der Waals surface area contributed by atoms with Crippen LogP contribution in [0, 0.1) is 0 Å². The summed E-state index contributed by atoms with van der Waals surface area (Å²) >= 11 is 0. The number of likely N-dealkylation sites (tertiary alicyclic amines) is 1. The van der Waals surface area contributed by atoms with Crippen molar-refractivity contribution in [1.29, 1.82) is 0 Å². The molecule has 2 N–H and O–H groups in total. The summed E-state index contributed by atoms with van der Waals surface area (Å²) in [5, 5.41) is 12.4. The standard InChI is InChI=1S/C9H20N2O/c1-7-4-9(6-11(7)3)10-5-8(2)12/h7-10,12H,4-6H2,1-3H3/t7?,8-,9?/m0/s1. The van der Waals surface area contributed by atoms with Crippen LogP contribution in [0.1, 0.15) is 20.3 Å². The molecule has 0 radical (unpaired) electrons. The highest BCUT2D eigenvalue weighted by Crippen LogP contribution is 2.14. The summed E-state index contributed by atoms with van der Waals surface area (Å²) < 4.78 is 0. The van der Waals surface area contributed by atoms with Gasteiger partial charge in [0.15, 0.2) is 0 Å². The van der Waals surface area contributed by atoms with E-state index in [4.69, 9.17) is 5.11 Å². The van der Waals surface area contributed by atoms with Gasteiger partial charge < -0.3 is 15.3 Å². The monoisotopic (exact) mass is 172 g/mol. The summed E-state index contributed by atoms with van der Waals surface area (Å²) in [6.45, 7) is 5.87. The van der Waals surface area contributed by atoms with Crippen molar-refractivity contribution >= 4 is 0 Å². The van der Waals surface area contributed by atoms with Crippen molar-refractivity contribution in [2.24, 2.45) is 0 Å². The van der Waals surface area contributed by atoms with Crippen molar-refractivity contribution < 1.29 is 5.11 Å². The summed E-state index contributed by atoms with van der Waals surface area (Å²) in [5.41, 5.74) is 0. The maximum absolute atomic E-state index is 9.07. The van der Waals surface area contributed by atoms with Gasteiger partial charge in [0, 0.05) is 25.2 Å². The van der Waals surface area contributed by atoms with Crippen LogP contribution in [-0.4, -0.2) is 48.3 Å². The predicted octanol–water partition coefficient (Wildman–Crippen LogP) is 0.0494. The quantitative estimate of drug-likeness (QED) is 0.631. The SMILES string of the molecule is CC1CC(NC[C@H](C)O)CN1C. The maximum Gasteiger partial charge on any atom is 0.0636 e. The van der Waals surface area contributed by atoms with Gasteiger partial charge in [-0.25, -0.2) is 0 Å². The number of aliphatic hydroxyl groups excluding tert-OH is 1. The van der Waals surface area contributed by atoms with Crippen LogP contribution >= 0.6 is 0 Å². The van der Waals surface area contributed by atoms with Crippen LogP contribution < -0.4 is 5.32 Å². The minimum atomic E-state index is -0.230. The van der Waals surface area contributed by atoms with E-state index in [9.17, 15) is 0 Å². The largest absolute Gasteiger partial charge is 0.392 e. The molecular weight excluding hydrogens is 152 g/mol. The van der Waals surface area contributed by atoms with E-state index in [0.29, 0.717) is 18.6 Å². The summed E-state index contributed by atoms with van der Waals surface area (Å²) in [6, 6.07) is 1.25. The van der Waals surface area contributed by atoms with E-state index in [2.05, 4.69) is 24.2 Å². The number of hydrogen-bond donors (Lipinski definition) is 2. The lowest BCUT2D eigenvalue weighted by atomic mass is 10.2. The Labute approximate surface area is 74.8 Å². The third-order valence-electron chi connectivity index (χ3n) is 2.59. The molecule has 1 fully saturated rings. The van der Waals surface area contributed by atoms with Gasteiger partial charge in [-0.05, 0) is 27.3 Å². The molecule has 0 spiro atoms. The smallest absolute Gasteiger partial charge is 0.0636 e. The van der Waals surface area contributed by atoms with E-state index >= 15 is 0 Å². The lowest BCUT2D eigenvalue weighted by Crippen LogP contribution is -2.36. The summed E-state index contributed by atoms with van der Waals surface area (Å²) in [5.74, 6) is 0. The Balaban J connectivity index is 2.19. The normalized spacial score (nSPS) is 34.0. The fraction of sp³-hybridized carbons (Fsp3) is 1.00. The molecule has 0 aromatic heterocycles.